The smallest absolute Gasteiger partial charge is 0.243 e. The van der Waals surface area contributed by atoms with Gasteiger partial charge in [0.05, 0.1) is 28.1 Å². The van der Waals surface area contributed by atoms with Crippen molar-refractivity contribution in [2.24, 2.45) is 0 Å². The van der Waals surface area contributed by atoms with Crippen molar-refractivity contribution in [3.8, 4) is 5.75 Å². The van der Waals surface area contributed by atoms with Crippen molar-refractivity contribution in [1.82, 2.24) is 24.2 Å². The van der Waals surface area contributed by atoms with Gasteiger partial charge in [-0.15, -0.1) is 0 Å². The van der Waals surface area contributed by atoms with Crippen molar-refractivity contribution < 1.29 is 13.2 Å². The maximum Gasteiger partial charge on any atom is 0.243 e. The van der Waals surface area contributed by atoms with Crippen molar-refractivity contribution in [2.45, 2.75) is 69.4 Å². The van der Waals surface area contributed by atoms with Crippen LogP contribution in [0.25, 0.3) is 11.0 Å². The van der Waals surface area contributed by atoms with E-state index in [0.29, 0.717) is 53.0 Å². The van der Waals surface area contributed by atoms with E-state index in [9.17, 15) is 8.42 Å². The third-order valence-electron chi connectivity index (χ3n) is 7.87. The molecule has 2 aromatic heterocycles. The lowest BCUT2D eigenvalue weighted by molar-refractivity contribution is 0.118. The predicted molar refractivity (Wildman–Crippen MR) is 156 cm³/mol. The second-order valence-corrected chi connectivity index (χ2v) is 12.8. The molecule has 4 heterocycles. The van der Waals surface area contributed by atoms with Crippen LogP contribution in [0.2, 0.25) is 5.02 Å². The molecule has 212 valence electrons. The number of aromatic nitrogens is 3. The third kappa shape index (κ3) is 5.96. The lowest BCUT2D eigenvalue weighted by atomic mass is 10.0. The number of hydrogen-bond donors (Lipinski definition) is 3. The molecule has 1 atom stereocenters. The van der Waals surface area contributed by atoms with Crippen LogP contribution in [0.15, 0.2) is 29.3 Å². The zero-order chi connectivity index (χ0) is 27.6. The van der Waals surface area contributed by atoms with Gasteiger partial charge >= 0.3 is 0 Å². The van der Waals surface area contributed by atoms with Crippen LogP contribution >= 0.6 is 11.6 Å². The number of H-pyrrole nitrogens is 1. The minimum Gasteiger partial charge on any atom is -0.495 e. The van der Waals surface area contributed by atoms with E-state index in [4.69, 9.17) is 16.3 Å². The van der Waals surface area contributed by atoms with Crippen LogP contribution in [0.4, 0.5) is 17.5 Å². The Morgan fingerprint density at radius 1 is 1.15 bits per heavy atom. The fourth-order valence-corrected chi connectivity index (χ4v) is 7.15. The summed E-state index contributed by atoms with van der Waals surface area (Å²) in [6, 6.07) is 5.54. The number of nitrogens with zero attached hydrogens (tertiary/aromatic N) is 4. The van der Waals surface area contributed by atoms with Crippen LogP contribution in [0.3, 0.4) is 0 Å². The van der Waals surface area contributed by atoms with E-state index in [-0.39, 0.29) is 10.9 Å². The summed E-state index contributed by atoms with van der Waals surface area (Å²) in [5, 5.41) is 7.84. The van der Waals surface area contributed by atoms with Gasteiger partial charge in [-0.3, -0.25) is 0 Å². The topological polar surface area (TPSA) is 115 Å². The van der Waals surface area contributed by atoms with Crippen LogP contribution in [-0.2, 0) is 10.0 Å². The third-order valence-corrected chi connectivity index (χ3v) is 10.1. The van der Waals surface area contributed by atoms with E-state index in [1.807, 2.05) is 0 Å². The van der Waals surface area contributed by atoms with E-state index in [1.165, 1.54) is 26.4 Å². The molecule has 10 nitrogen and oxygen atoms in total. The van der Waals surface area contributed by atoms with Gasteiger partial charge in [0.1, 0.15) is 17.2 Å². The van der Waals surface area contributed by atoms with Crippen molar-refractivity contribution in [1.29, 1.82) is 0 Å². The number of benzene rings is 1. The van der Waals surface area contributed by atoms with E-state index in [0.717, 1.165) is 37.7 Å². The monoisotopic (exact) mass is 575 g/mol. The molecule has 3 N–H and O–H groups in total. The summed E-state index contributed by atoms with van der Waals surface area (Å²) in [6.07, 6.45) is 8.11. The van der Waals surface area contributed by atoms with Crippen molar-refractivity contribution in [3.05, 3.63) is 29.4 Å². The number of methoxy groups -OCH3 is 1. The number of piperidine rings is 2. The lowest BCUT2D eigenvalue weighted by Gasteiger charge is -2.39. The van der Waals surface area contributed by atoms with Crippen LogP contribution in [-0.4, -0.2) is 77.9 Å². The first-order valence-electron chi connectivity index (χ1n) is 13.8. The Morgan fingerprint density at radius 2 is 1.90 bits per heavy atom. The van der Waals surface area contributed by atoms with Crippen LogP contribution < -0.4 is 15.4 Å². The first kappa shape index (κ1) is 27.9. The molecule has 0 aliphatic carbocycles. The van der Waals surface area contributed by atoms with Crippen molar-refractivity contribution in [3.63, 3.8) is 0 Å². The van der Waals surface area contributed by atoms with E-state index in [1.54, 1.807) is 28.7 Å². The summed E-state index contributed by atoms with van der Waals surface area (Å²) < 4.78 is 34.2. The van der Waals surface area contributed by atoms with Gasteiger partial charge < -0.3 is 25.3 Å². The van der Waals surface area contributed by atoms with Crippen LogP contribution in [0.5, 0.6) is 5.75 Å². The highest BCUT2D eigenvalue weighted by molar-refractivity contribution is 7.89. The SMILES string of the molecule is CC[C@H](C)Nc1nc(Nc2ccc(S(=O)(=O)N3CCC(N4CCCCC4)CC3)cc2OC)nc2[nH]cc(Cl)c12. The highest BCUT2D eigenvalue weighted by Gasteiger charge is 2.32. The zero-order valence-corrected chi connectivity index (χ0v) is 24.4. The van der Waals surface area contributed by atoms with Gasteiger partial charge in [0.2, 0.25) is 16.0 Å². The Labute approximate surface area is 235 Å². The van der Waals surface area contributed by atoms with Crippen molar-refractivity contribution in [2.75, 3.05) is 43.9 Å². The summed E-state index contributed by atoms with van der Waals surface area (Å²) in [5.74, 6) is 1.35. The number of likely N-dealkylation sites (tertiary alicyclic amines) is 1. The van der Waals surface area contributed by atoms with Gasteiger partial charge in [-0.25, -0.2) is 8.42 Å². The minimum atomic E-state index is -3.64. The Hall–Kier alpha value is -2.60. The molecule has 0 amide bonds. The molecule has 0 radical (unpaired) electrons. The van der Waals surface area contributed by atoms with Gasteiger partial charge in [0.25, 0.3) is 0 Å². The molecular formula is C27H38ClN7O3S. The van der Waals surface area contributed by atoms with Gasteiger partial charge in [-0.1, -0.05) is 24.9 Å². The molecular weight excluding hydrogens is 538 g/mol. The maximum absolute atomic E-state index is 13.5. The average Bonchev–Trinajstić information content (AvgIpc) is 3.34. The number of nitrogens with one attached hydrogen (secondary N) is 3. The first-order chi connectivity index (χ1) is 18.8. The number of halogens is 1. The minimum absolute atomic E-state index is 0.186. The van der Waals surface area contributed by atoms with Gasteiger partial charge in [-0.2, -0.15) is 14.3 Å². The molecule has 0 saturated carbocycles. The summed E-state index contributed by atoms with van der Waals surface area (Å²) in [7, 11) is -2.12. The summed E-state index contributed by atoms with van der Waals surface area (Å²) in [4.78, 5) is 15.1. The maximum atomic E-state index is 13.5. The zero-order valence-electron chi connectivity index (χ0n) is 22.8. The molecule has 0 bridgehead atoms. The molecule has 2 fully saturated rings. The van der Waals surface area contributed by atoms with Gasteiger partial charge in [0.15, 0.2) is 0 Å². The van der Waals surface area contributed by atoms with Crippen LogP contribution in [0.1, 0.15) is 52.4 Å². The van der Waals surface area contributed by atoms with E-state index < -0.39 is 10.0 Å². The Balaban J connectivity index is 1.34. The highest BCUT2D eigenvalue weighted by atomic mass is 35.5. The number of ether oxygens (including phenoxy) is 1. The lowest BCUT2D eigenvalue weighted by Crippen LogP contribution is -2.48. The van der Waals surface area contributed by atoms with E-state index >= 15 is 0 Å². The molecule has 2 aliphatic heterocycles. The number of anilines is 3. The number of fused-ring (bicyclic) bond motifs is 1. The molecule has 5 rings (SSSR count). The largest absolute Gasteiger partial charge is 0.495 e. The standard InChI is InChI=1S/C27H38ClN7O3S/c1-4-18(2)30-26-24-21(28)17-29-25(24)32-27(33-26)31-22-9-8-20(16-23(22)38-3)39(36,37)35-14-10-19(11-15-35)34-12-6-5-7-13-34/h8-9,16-19H,4-7,10-15H2,1-3H3,(H3,29,30,31,32,33)/t18-/m0/s1. The number of rotatable bonds is 9. The predicted octanol–water partition coefficient (Wildman–Crippen LogP) is 5.21. The molecule has 12 heteroatoms. The Kier molecular flexibility index (Phi) is 8.51. The quantitative estimate of drug-likeness (QED) is 0.318. The van der Waals surface area contributed by atoms with Crippen LogP contribution in [0, 0.1) is 0 Å². The van der Waals surface area contributed by atoms with Gasteiger partial charge in [-0.05, 0) is 64.3 Å². The molecule has 3 aromatic rings. The molecule has 1 aromatic carbocycles. The molecule has 39 heavy (non-hydrogen) atoms. The molecule has 0 spiro atoms. The summed E-state index contributed by atoms with van der Waals surface area (Å²) >= 11 is 6.38. The normalized spacial score (nSPS) is 18.8. The molecule has 2 saturated heterocycles. The summed E-state index contributed by atoms with van der Waals surface area (Å²) in [5.41, 5.74) is 1.15. The second-order valence-electron chi connectivity index (χ2n) is 10.4. The molecule has 2 aliphatic rings. The molecule has 0 unspecified atom stereocenters. The fraction of sp³-hybridized carbons (Fsp3) is 0.556. The van der Waals surface area contributed by atoms with Crippen molar-refractivity contribution >= 4 is 50.1 Å². The Bertz CT molecular complexity index is 1400. The first-order valence-corrected chi connectivity index (χ1v) is 15.6. The Morgan fingerprint density at radius 3 is 2.59 bits per heavy atom. The van der Waals surface area contributed by atoms with Gasteiger partial charge in [0, 0.05) is 37.4 Å². The fourth-order valence-electron chi connectivity index (χ4n) is 5.43. The summed E-state index contributed by atoms with van der Waals surface area (Å²) in [6.45, 7) is 7.48. The van der Waals surface area contributed by atoms with E-state index in [2.05, 4.69) is 44.3 Å². The number of hydrogen-bond acceptors (Lipinski definition) is 8. The second kappa shape index (κ2) is 11.9. The number of sulfonamides is 1. The number of aromatic amines is 1. The average molecular weight is 576 g/mol. The highest BCUT2D eigenvalue weighted by Crippen LogP contribution is 2.34.